The van der Waals surface area contributed by atoms with E-state index in [2.05, 4.69) is 10.6 Å². The molecule has 0 aliphatic heterocycles. The Balaban J connectivity index is 5.24. The Bertz CT molecular complexity index is 1470. The van der Waals surface area contributed by atoms with Gasteiger partial charge in [0.15, 0.2) is 11.6 Å². The lowest BCUT2D eigenvalue weighted by Gasteiger charge is -2.20. The second-order valence-corrected chi connectivity index (χ2v) is 21.1. The minimum absolute atomic E-state index is 0.0231. The molecule has 12 nitrogen and oxygen atoms in total. The highest BCUT2D eigenvalue weighted by Crippen LogP contribution is 2.27. The maximum atomic E-state index is 13.5. The zero-order valence-electron chi connectivity index (χ0n) is 43.9. The molecule has 2 N–H and O–H groups in total. The van der Waals surface area contributed by atoms with Crippen molar-refractivity contribution < 1.29 is 47.9 Å². The summed E-state index contributed by atoms with van der Waals surface area (Å²) in [5.41, 5.74) is -0.625. The van der Waals surface area contributed by atoms with E-state index in [1.165, 1.54) is 0 Å². The quantitative estimate of drug-likeness (QED) is 0.0555. The van der Waals surface area contributed by atoms with Crippen molar-refractivity contribution in [2.45, 2.75) is 268 Å². The highest BCUT2D eigenvalue weighted by Gasteiger charge is 2.28. The molecule has 0 saturated heterocycles. The van der Waals surface area contributed by atoms with Gasteiger partial charge >= 0.3 is 0 Å². The number of carbonyl (C=O) groups excluding carboxylic acids is 10. The summed E-state index contributed by atoms with van der Waals surface area (Å²) in [5, 5.41) is 5.70. The molecule has 0 aliphatic rings. The van der Waals surface area contributed by atoms with Crippen LogP contribution in [0.4, 0.5) is 0 Å². The van der Waals surface area contributed by atoms with E-state index in [0.717, 1.165) is 77.0 Å². The molecule has 0 bridgehead atoms. The minimum atomic E-state index is -0.698. The zero-order valence-corrected chi connectivity index (χ0v) is 43.9. The van der Waals surface area contributed by atoms with Crippen molar-refractivity contribution in [3.05, 3.63) is 0 Å². The van der Waals surface area contributed by atoms with Crippen LogP contribution < -0.4 is 10.6 Å². The van der Waals surface area contributed by atoms with Crippen LogP contribution in [0.3, 0.4) is 0 Å². The third-order valence-corrected chi connectivity index (χ3v) is 13.8. The van der Waals surface area contributed by atoms with Crippen molar-refractivity contribution in [1.29, 1.82) is 0 Å². The van der Waals surface area contributed by atoms with Crippen molar-refractivity contribution >= 4 is 58.1 Å². The highest BCUT2D eigenvalue weighted by molar-refractivity contribution is 5.93. The van der Waals surface area contributed by atoms with E-state index in [-0.39, 0.29) is 101 Å². The molecule has 384 valence electrons. The summed E-state index contributed by atoms with van der Waals surface area (Å²) in [6.45, 7) is 17.5. The summed E-state index contributed by atoms with van der Waals surface area (Å²) >= 11 is 0. The van der Waals surface area contributed by atoms with E-state index >= 15 is 0 Å². The Hall–Kier alpha value is -3.70. The standard InChI is InChI=1S/C55H94N2O10/c1-40(58)28-19-17-21-30-46(52(66)56-42(3)50(64)34-23-13-11-15-25-36-54(7,8)44(5)60)38-48(62)32-27-33-49(63)39-47(31-22-18-20-29-41(2)59)53(67)57-43(4)51(65)35-24-14-12-16-26-37-55(9,10)45(6)61/h42-43,46-47H,11-39H2,1-10H3,(H,56,66)(H,57,67). The van der Waals surface area contributed by atoms with Crippen LogP contribution in [0.25, 0.3) is 0 Å². The number of Topliss-reactive ketones (excluding diaryl/α,β-unsaturated/α-hetero) is 8. The third kappa shape index (κ3) is 31.9. The maximum Gasteiger partial charge on any atom is 0.224 e. The molecular formula is C55H94N2O10. The highest BCUT2D eigenvalue weighted by atomic mass is 16.2. The number of amides is 2. The Labute approximate surface area is 405 Å². The van der Waals surface area contributed by atoms with Crippen LogP contribution in [-0.4, -0.2) is 70.2 Å². The molecule has 2 amide bonds. The van der Waals surface area contributed by atoms with Gasteiger partial charge in [0.1, 0.15) is 34.7 Å². The predicted molar refractivity (Wildman–Crippen MR) is 266 cm³/mol. The maximum absolute atomic E-state index is 13.5. The summed E-state index contributed by atoms with van der Waals surface area (Å²) < 4.78 is 0. The van der Waals surface area contributed by atoms with Crippen LogP contribution in [-0.2, 0) is 47.9 Å². The number of rotatable bonds is 44. The fourth-order valence-corrected chi connectivity index (χ4v) is 8.17. The summed E-state index contributed by atoms with van der Waals surface area (Å²) in [6.07, 6.45) is 17.7. The molecule has 0 aromatic rings. The molecule has 0 aliphatic carbocycles. The third-order valence-electron chi connectivity index (χ3n) is 13.8. The molecular weight excluding hydrogens is 849 g/mol. The second-order valence-electron chi connectivity index (χ2n) is 21.1. The number of hydrogen-bond donors (Lipinski definition) is 2. The summed E-state index contributed by atoms with van der Waals surface area (Å²) in [7, 11) is 0. The predicted octanol–water partition coefficient (Wildman–Crippen LogP) is 11.2. The van der Waals surface area contributed by atoms with Crippen LogP contribution in [0.1, 0.15) is 255 Å². The van der Waals surface area contributed by atoms with Gasteiger partial charge in [-0.3, -0.25) is 38.4 Å². The first-order chi connectivity index (χ1) is 31.4. The van der Waals surface area contributed by atoms with E-state index in [1.54, 1.807) is 41.5 Å². The number of nitrogens with one attached hydrogen (secondary N) is 2. The van der Waals surface area contributed by atoms with Crippen LogP contribution in [0.2, 0.25) is 0 Å². The number of hydrogen-bond acceptors (Lipinski definition) is 10. The Morgan fingerprint density at radius 1 is 0.373 bits per heavy atom. The monoisotopic (exact) mass is 943 g/mol. The first-order valence-corrected chi connectivity index (χ1v) is 26.1. The zero-order chi connectivity index (χ0) is 51.0. The van der Waals surface area contributed by atoms with Crippen molar-refractivity contribution in [1.82, 2.24) is 10.6 Å². The van der Waals surface area contributed by atoms with Crippen molar-refractivity contribution in [3.63, 3.8) is 0 Å². The average molecular weight is 943 g/mol. The van der Waals surface area contributed by atoms with Crippen LogP contribution >= 0.6 is 0 Å². The van der Waals surface area contributed by atoms with Crippen molar-refractivity contribution in [2.75, 3.05) is 0 Å². The molecule has 4 unspecified atom stereocenters. The second kappa shape index (κ2) is 35.4. The van der Waals surface area contributed by atoms with Crippen LogP contribution in [0, 0.1) is 22.7 Å². The van der Waals surface area contributed by atoms with Crippen molar-refractivity contribution in [2.24, 2.45) is 22.7 Å². The Kier molecular flexibility index (Phi) is 33.5. The fourth-order valence-electron chi connectivity index (χ4n) is 8.17. The van der Waals surface area contributed by atoms with Gasteiger partial charge in [-0.2, -0.15) is 0 Å². The normalized spacial score (nSPS) is 13.5. The van der Waals surface area contributed by atoms with E-state index in [0.29, 0.717) is 77.0 Å². The number of ketones is 8. The lowest BCUT2D eigenvalue weighted by atomic mass is 9.83. The van der Waals surface area contributed by atoms with Gasteiger partial charge in [-0.25, -0.2) is 0 Å². The van der Waals surface area contributed by atoms with E-state index < -0.39 is 23.9 Å². The fraction of sp³-hybridized carbons (Fsp3) is 0.818. The van der Waals surface area contributed by atoms with Gasteiger partial charge in [-0.1, -0.05) is 105 Å². The van der Waals surface area contributed by atoms with E-state index in [4.69, 9.17) is 0 Å². The lowest BCUT2D eigenvalue weighted by molar-refractivity contribution is -0.133. The molecule has 0 heterocycles. The molecule has 4 atom stereocenters. The SMILES string of the molecule is CC(=O)CCCCCC(CC(=O)CCCC(=O)CC(CCCCCC(C)=O)C(=O)NC(C)C(=O)CCCCCCCC(C)(C)C(C)=O)C(=O)NC(C)C(=O)CCCCCCCC(C)(C)C(C)=O. The van der Waals surface area contributed by atoms with Gasteiger partial charge in [0.2, 0.25) is 11.8 Å². The summed E-state index contributed by atoms with van der Waals surface area (Å²) in [5.74, 6) is -1.87. The molecule has 12 heteroatoms. The van der Waals surface area contributed by atoms with Gasteiger partial charge in [0, 0.05) is 74.0 Å². The number of unbranched alkanes of at least 4 members (excludes halogenated alkanes) is 12. The lowest BCUT2D eigenvalue weighted by Crippen LogP contribution is -2.42. The molecule has 0 aromatic carbocycles. The van der Waals surface area contributed by atoms with Gasteiger partial charge < -0.3 is 20.2 Å². The molecule has 0 aromatic heterocycles. The summed E-state index contributed by atoms with van der Waals surface area (Å²) in [4.78, 5) is 126. The molecule has 0 fully saturated rings. The van der Waals surface area contributed by atoms with Crippen LogP contribution in [0.5, 0.6) is 0 Å². The van der Waals surface area contributed by atoms with Crippen molar-refractivity contribution in [3.8, 4) is 0 Å². The minimum Gasteiger partial charge on any atom is -0.346 e. The largest absolute Gasteiger partial charge is 0.346 e. The van der Waals surface area contributed by atoms with E-state index in [1.807, 2.05) is 27.7 Å². The first kappa shape index (κ1) is 63.3. The smallest absolute Gasteiger partial charge is 0.224 e. The molecule has 0 rings (SSSR count). The number of carbonyl (C=O) groups is 10. The van der Waals surface area contributed by atoms with Gasteiger partial charge in [-0.15, -0.1) is 0 Å². The molecule has 67 heavy (non-hydrogen) atoms. The summed E-state index contributed by atoms with van der Waals surface area (Å²) in [6, 6.07) is -1.40. The van der Waals surface area contributed by atoms with Gasteiger partial charge in [0.05, 0.1) is 12.1 Å². The van der Waals surface area contributed by atoms with Gasteiger partial charge in [-0.05, 0) is 99.3 Å². The first-order valence-electron chi connectivity index (χ1n) is 26.1. The Morgan fingerprint density at radius 2 is 0.672 bits per heavy atom. The van der Waals surface area contributed by atoms with E-state index in [9.17, 15) is 47.9 Å². The Morgan fingerprint density at radius 3 is 1.00 bits per heavy atom. The molecule has 0 spiro atoms. The average Bonchev–Trinajstić information content (AvgIpc) is 3.23. The van der Waals surface area contributed by atoms with Crippen LogP contribution in [0.15, 0.2) is 0 Å². The molecule has 0 radical (unpaired) electrons. The molecule has 0 saturated carbocycles. The van der Waals surface area contributed by atoms with Gasteiger partial charge in [0.25, 0.3) is 0 Å². The topological polar surface area (TPSA) is 195 Å².